The summed E-state index contributed by atoms with van der Waals surface area (Å²) >= 11 is 0. The lowest BCUT2D eigenvalue weighted by molar-refractivity contribution is -0.151. The van der Waals surface area contributed by atoms with Crippen LogP contribution in [-0.2, 0) is 27.3 Å². The Morgan fingerprint density at radius 2 is 1.73 bits per heavy atom. The van der Waals surface area contributed by atoms with Gasteiger partial charge in [0.25, 0.3) is 0 Å². The number of ether oxygens (including phenoxy) is 3. The normalized spacial score (nSPS) is 18.5. The molecule has 6 heteroatoms. The van der Waals surface area contributed by atoms with E-state index in [-0.39, 0.29) is 24.5 Å². The van der Waals surface area contributed by atoms with E-state index in [1.54, 1.807) is 18.9 Å². The highest BCUT2D eigenvalue weighted by Crippen LogP contribution is 2.29. The number of esters is 1. The van der Waals surface area contributed by atoms with Gasteiger partial charge in [-0.2, -0.15) is 0 Å². The number of hydrogen-bond donors (Lipinski definition) is 0. The number of methoxy groups -OCH3 is 1. The zero-order chi connectivity index (χ0) is 21.3. The van der Waals surface area contributed by atoms with E-state index in [1.807, 2.05) is 54.6 Å². The van der Waals surface area contributed by atoms with E-state index in [0.29, 0.717) is 26.0 Å². The monoisotopic (exact) mass is 411 g/mol. The van der Waals surface area contributed by atoms with Gasteiger partial charge in [-0.1, -0.05) is 42.5 Å². The van der Waals surface area contributed by atoms with Crippen LogP contribution in [0.4, 0.5) is 4.79 Å². The Morgan fingerprint density at radius 1 is 1.00 bits per heavy atom. The van der Waals surface area contributed by atoms with Crippen molar-refractivity contribution in [3.05, 3.63) is 65.7 Å². The van der Waals surface area contributed by atoms with Crippen LogP contribution in [0.5, 0.6) is 5.75 Å². The first-order chi connectivity index (χ1) is 14.6. The van der Waals surface area contributed by atoms with Gasteiger partial charge in [-0.3, -0.25) is 4.79 Å². The molecule has 30 heavy (non-hydrogen) atoms. The van der Waals surface area contributed by atoms with Crippen molar-refractivity contribution in [2.24, 2.45) is 5.92 Å². The number of piperidine rings is 1. The van der Waals surface area contributed by atoms with Gasteiger partial charge >= 0.3 is 12.1 Å². The summed E-state index contributed by atoms with van der Waals surface area (Å²) < 4.78 is 16.1. The molecule has 0 saturated carbocycles. The first-order valence-corrected chi connectivity index (χ1v) is 10.4. The fourth-order valence-electron chi connectivity index (χ4n) is 3.87. The molecule has 2 aromatic carbocycles. The van der Waals surface area contributed by atoms with Crippen molar-refractivity contribution in [1.29, 1.82) is 0 Å². The van der Waals surface area contributed by atoms with Gasteiger partial charge < -0.3 is 19.1 Å². The molecule has 6 nitrogen and oxygen atoms in total. The third-order valence-corrected chi connectivity index (χ3v) is 5.41. The third-order valence-electron chi connectivity index (χ3n) is 5.41. The predicted molar refractivity (Wildman–Crippen MR) is 113 cm³/mol. The van der Waals surface area contributed by atoms with Gasteiger partial charge in [-0.25, -0.2) is 4.79 Å². The molecule has 160 valence electrons. The number of likely N-dealkylation sites (tertiary alicyclic amines) is 1. The summed E-state index contributed by atoms with van der Waals surface area (Å²) in [6, 6.07) is 17.0. The van der Waals surface area contributed by atoms with Crippen LogP contribution >= 0.6 is 0 Å². The Kier molecular flexibility index (Phi) is 7.71. The van der Waals surface area contributed by atoms with Crippen LogP contribution in [0.15, 0.2) is 54.6 Å². The average Bonchev–Trinajstić information content (AvgIpc) is 2.79. The van der Waals surface area contributed by atoms with Crippen LogP contribution in [0, 0.1) is 5.92 Å². The molecule has 0 aromatic heterocycles. The van der Waals surface area contributed by atoms with Gasteiger partial charge in [0.05, 0.1) is 25.7 Å². The topological polar surface area (TPSA) is 65.1 Å². The minimum Gasteiger partial charge on any atom is -0.497 e. The van der Waals surface area contributed by atoms with Crippen LogP contribution in [0.2, 0.25) is 0 Å². The van der Waals surface area contributed by atoms with Crippen molar-refractivity contribution in [2.75, 3.05) is 20.3 Å². The molecule has 0 aliphatic carbocycles. The van der Waals surface area contributed by atoms with E-state index in [4.69, 9.17) is 14.2 Å². The lowest BCUT2D eigenvalue weighted by atomic mass is 9.85. The minimum atomic E-state index is -0.397. The Hall–Kier alpha value is -3.02. The van der Waals surface area contributed by atoms with Crippen LogP contribution in [0.25, 0.3) is 0 Å². The van der Waals surface area contributed by atoms with Crippen molar-refractivity contribution < 1.29 is 23.8 Å². The fourth-order valence-corrected chi connectivity index (χ4v) is 3.87. The van der Waals surface area contributed by atoms with E-state index in [9.17, 15) is 9.59 Å². The quantitative estimate of drug-likeness (QED) is 0.639. The molecule has 1 amide bonds. The standard InChI is InChI=1S/C24H29NO5/c1-3-29-23(26)21-10-7-15-25(24(27)30-17-19-8-5-4-6-9-19)22(21)16-18-11-13-20(28-2)14-12-18/h4-6,8-9,11-14,21-22H,3,7,10,15-17H2,1-2H3/t21-,22-/m0/s1. The fraction of sp³-hybridized carbons (Fsp3) is 0.417. The molecule has 1 heterocycles. The van der Waals surface area contributed by atoms with Gasteiger partial charge in [0.2, 0.25) is 0 Å². The lowest BCUT2D eigenvalue weighted by Crippen LogP contribution is -2.52. The van der Waals surface area contributed by atoms with Crippen LogP contribution in [-0.4, -0.2) is 43.3 Å². The van der Waals surface area contributed by atoms with E-state index in [2.05, 4.69) is 0 Å². The minimum absolute atomic E-state index is 0.204. The summed E-state index contributed by atoms with van der Waals surface area (Å²) in [4.78, 5) is 27.2. The van der Waals surface area contributed by atoms with E-state index in [1.165, 1.54) is 0 Å². The first kappa shape index (κ1) is 21.7. The van der Waals surface area contributed by atoms with Crippen molar-refractivity contribution in [2.45, 2.75) is 38.8 Å². The Balaban J connectivity index is 1.76. The highest BCUT2D eigenvalue weighted by Gasteiger charge is 2.39. The Morgan fingerprint density at radius 3 is 2.40 bits per heavy atom. The number of hydrogen-bond acceptors (Lipinski definition) is 5. The molecule has 2 aromatic rings. The molecule has 0 N–H and O–H groups in total. The number of nitrogens with zero attached hydrogens (tertiary/aromatic N) is 1. The molecule has 1 aliphatic heterocycles. The molecular formula is C24H29NO5. The van der Waals surface area contributed by atoms with E-state index in [0.717, 1.165) is 23.3 Å². The number of carbonyl (C=O) groups is 2. The van der Waals surface area contributed by atoms with E-state index < -0.39 is 6.09 Å². The van der Waals surface area contributed by atoms with Crippen molar-refractivity contribution >= 4 is 12.1 Å². The molecule has 0 spiro atoms. The molecule has 0 unspecified atom stereocenters. The van der Waals surface area contributed by atoms with Gasteiger partial charge in [-0.15, -0.1) is 0 Å². The zero-order valence-corrected chi connectivity index (χ0v) is 17.6. The summed E-state index contributed by atoms with van der Waals surface area (Å²) in [6.45, 7) is 2.88. The van der Waals surface area contributed by atoms with Gasteiger partial charge in [0, 0.05) is 6.54 Å². The van der Waals surface area contributed by atoms with Crippen molar-refractivity contribution in [3.8, 4) is 5.75 Å². The number of benzene rings is 2. The maximum Gasteiger partial charge on any atom is 0.410 e. The molecule has 1 saturated heterocycles. The predicted octanol–water partition coefficient (Wildman–Crippen LogP) is 4.22. The molecule has 1 fully saturated rings. The van der Waals surface area contributed by atoms with Crippen LogP contribution < -0.4 is 4.74 Å². The second-order valence-corrected chi connectivity index (χ2v) is 7.35. The average molecular weight is 411 g/mol. The summed E-state index contributed by atoms with van der Waals surface area (Å²) in [5.74, 6) is 0.144. The summed E-state index contributed by atoms with van der Waals surface area (Å²) in [6.07, 6.45) is 1.59. The van der Waals surface area contributed by atoms with Crippen LogP contribution in [0.3, 0.4) is 0 Å². The van der Waals surface area contributed by atoms with Crippen molar-refractivity contribution in [3.63, 3.8) is 0 Å². The molecule has 3 rings (SSSR count). The zero-order valence-electron chi connectivity index (χ0n) is 17.6. The highest BCUT2D eigenvalue weighted by molar-refractivity contribution is 5.76. The molecule has 2 atom stereocenters. The largest absolute Gasteiger partial charge is 0.497 e. The third kappa shape index (κ3) is 5.53. The molecular weight excluding hydrogens is 382 g/mol. The van der Waals surface area contributed by atoms with Crippen molar-refractivity contribution in [1.82, 2.24) is 4.90 Å². The number of carbonyl (C=O) groups excluding carboxylic acids is 2. The van der Waals surface area contributed by atoms with Crippen LogP contribution in [0.1, 0.15) is 30.9 Å². The Bertz CT molecular complexity index is 821. The first-order valence-electron chi connectivity index (χ1n) is 10.4. The van der Waals surface area contributed by atoms with Gasteiger partial charge in [-0.05, 0) is 49.4 Å². The second kappa shape index (κ2) is 10.7. The maximum absolute atomic E-state index is 12.9. The highest BCUT2D eigenvalue weighted by atomic mass is 16.6. The number of amides is 1. The lowest BCUT2D eigenvalue weighted by Gasteiger charge is -2.39. The van der Waals surface area contributed by atoms with E-state index >= 15 is 0 Å². The van der Waals surface area contributed by atoms with Gasteiger partial charge in [0.1, 0.15) is 12.4 Å². The summed E-state index contributed by atoms with van der Waals surface area (Å²) in [5.41, 5.74) is 1.95. The summed E-state index contributed by atoms with van der Waals surface area (Å²) in [7, 11) is 1.62. The SMILES string of the molecule is CCOC(=O)[C@H]1CCCN(C(=O)OCc2ccccc2)[C@H]1Cc1ccc(OC)cc1. The Labute approximate surface area is 177 Å². The number of rotatable bonds is 7. The maximum atomic E-state index is 12.9. The smallest absolute Gasteiger partial charge is 0.410 e. The molecule has 0 radical (unpaired) electrons. The second-order valence-electron chi connectivity index (χ2n) is 7.35. The molecule has 0 bridgehead atoms. The molecule has 1 aliphatic rings. The summed E-state index contributed by atoms with van der Waals surface area (Å²) in [5, 5.41) is 0. The van der Waals surface area contributed by atoms with Gasteiger partial charge in [0.15, 0.2) is 0 Å².